The number of aliphatic hydroxyl groups is 4. The zero-order valence-corrected chi connectivity index (χ0v) is 26.6. The molecule has 4 saturated carbocycles. The van der Waals surface area contributed by atoms with Crippen LogP contribution in [0.2, 0.25) is 0 Å². The molecule has 3 heterocycles. The highest BCUT2D eigenvalue weighted by Gasteiger charge is 2.76. The van der Waals surface area contributed by atoms with E-state index in [4.69, 9.17) is 19.2 Å². The summed E-state index contributed by atoms with van der Waals surface area (Å²) < 4.78 is 11.9. The molecule has 7 unspecified atom stereocenters. The van der Waals surface area contributed by atoms with Crippen LogP contribution in [-0.4, -0.2) is 75.0 Å². The van der Waals surface area contributed by atoms with Crippen molar-refractivity contribution in [3.63, 3.8) is 0 Å². The molecule has 240 valence electrons. The Morgan fingerprint density at radius 2 is 1.60 bits per heavy atom. The Balaban J connectivity index is 1.18. The van der Waals surface area contributed by atoms with Crippen molar-refractivity contribution in [2.45, 2.75) is 147 Å². The molecule has 0 aromatic rings. The molecule has 0 radical (unpaired) electrons. The average molecular weight is 593 g/mol. The fourth-order valence-electron chi connectivity index (χ4n) is 10.8. The zero-order valence-electron chi connectivity index (χ0n) is 26.6. The minimum absolute atomic E-state index is 0.0314. The largest absolute Gasteiger partial charge is 0.394 e. The van der Waals surface area contributed by atoms with Gasteiger partial charge in [0.25, 0.3) is 0 Å². The molecule has 0 amide bonds. The highest BCUT2D eigenvalue weighted by Crippen LogP contribution is 2.74. The maximum absolute atomic E-state index is 10.6. The van der Waals surface area contributed by atoms with E-state index >= 15 is 0 Å². The van der Waals surface area contributed by atoms with Gasteiger partial charge in [0.15, 0.2) is 6.29 Å². The average Bonchev–Trinajstić information content (AvgIpc) is 3.33. The monoisotopic (exact) mass is 592 g/mol. The SMILES string of the molecule is CC(C)C(C)/C=C/[C@@H](C)[C@H]1CCC2C34CCC5(CC(OC6O[C@H](CO)[C@@H](O)[C@H](O)[C@H]6O)CC[C@]5(C)C3CC[C@@]21C)OO4. The van der Waals surface area contributed by atoms with Gasteiger partial charge in [-0.3, -0.25) is 0 Å². The number of rotatable bonds is 7. The summed E-state index contributed by atoms with van der Waals surface area (Å²) in [7, 11) is 0. The van der Waals surface area contributed by atoms with Gasteiger partial charge in [0.1, 0.15) is 35.6 Å². The molecule has 7 fully saturated rings. The molecule has 7 aliphatic rings. The van der Waals surface area contributed by atoms with Gasteiger partial charge in [0, 0.05) is 11.8 Å². The maximum Gasteiger partial charge on any atom is 0.186 e. The zero-order chi connectivity index (χ0) is 30.2. The van der Waals surface area contributed by atoms with Crippen molar-refractivity contribution in [1.29, 1.82) is 0 Å². The Hall–Kier alpha value is -0.580. The predicted molar refractivity (Wildman–Crippen MR) is 157 cm³/mol. The Morgan fingerprint density at radius 1 is 0.833 bits per heavy atom. The fourth-order valence-corrected chi connectivity index (χ4v) is 10.8. The highest BCUT2D eigenvalue weighted by atomic mass is 17.2. The van der Waals surface area contributed by atoms with Crippen LogP contribution in [0.3, 0.4) is 0 Å². The number of hydrogen-bond donors (Lipinski definition) is 4. The summed E-state index contributed by atoms with van der Waals surface area (Å²) in [5, 5.41) is 40.6. The molecule has 15 atom stereocenters. The second-order valence-electron chi connectivity index (χ2n) is 15.9. The molecule has 7 rings (SSSR count). The van der Waals surface area contributed by atoms with Gasteiger partial charge in [-0.25, -0.2) is 9.78 Å². The van der Waals surface area contributed by atoms with Gasteiger partial charge < -0.3 is 29.9 Å². The van der Waals surface area contributed by atoms with Gasteiger partial charge in [-0.05, 0) is 92.3 Å². The summed E-state index contributed by atoms with van der Waals surface area (Å²) in [4.78, 5) is 13.3. The number of ether oxygens (including phenoxy) is 2. The van der Waals surface area contributed by atoms with Gasteiger partial charge in [-0.2, -0.15) is 0 Å². The third-order valence-electron chi connectivity index (χ3n) is 13.8. The minimum atomic E-state index is -1.44. The molecule has 0 aromatic carbocycles. The van der Waals surface area contributed by atoms with E-state index in [9.17, 15) is 20.4 Å². The van der Waals surface area contributed by atoms with Crippen LogP contribution in [0, 0.1) is 46.3 Å². The van der Waals surface area contributed by atoms with E-state index in [1.807, 2.05) is 0 Å². The fraction of sp³-hybridized carbons (Fsp3) is 0.941. The highest BCUT2D eigenvalue weighted by molar-refractivity contribution is 5.23. The molecule has 2 spiro atoms. The van der Waals surface area contributed by atoms with Crippen molar-refractivity contribution in [3.05, 3.63) is 12.2 Å². The topological polar surface area (TPSA) is 118 Å². The summed E-state index contributed by atoms with van der Waals surface area (Å²) in [6.07, 6.45) is 7.47. The van der Waals surface area contributed by atoms with Crippen LogP contribution >= 0.6 is 0 Å². The molecule has 4 aliphatic carbocycles. The summed E-state index contributed by atoms with van der Waals surface area (Å²) in [6.45, 7) is 13.8. The number of allylic oxidation sites excluding steroid dienone is 2. The molecule has 2 bridgehead atoms. The van der Waals surface area contributed by atoms with Crippen molar-refractivity contribution in [2.75, 3.05) is 6.61 Å². The van der Waals surface area contributed by atoms with Crippen LogP contribution in [0.1, 0.15) is 99.3 Å². The van der Waals surface area contributed by atoms with E-state index < -0.39 is 42.9 Å². The van der Waals surface area contributed by atoms with Crippen molar-refractivity contribution in [1.82, 2.24) is 0 Å². The van der Waals surface area contributed by atoms with E-state index in [0.717, 1.165) is 32.1 Å². The van der Waals surface area contributed by atoms with Crippen LogP contribution in [0.4, 0.5) is 0 Å². The first-order valence-corrected chi connectivity index (χ1v) is 16.8. The van der Waals surface area contributed by atoms with Gasteiger partial charge in [0.05, 0.1) is 12.7 Å². The maximum atomic E-state index is 10.6. The van der Waals surface area contributed by atoms with E-state index in [1.54, 1.807) is 0 Å². The van der Waals surface area contributed by atoms with Crippen LogP contribution in [0.25, 0.3) is 0 Å². The molecule has 8 nitrogen and oxygen atoms in total. The van der Waals surface area contributed by atoms with Crippen LogP contribution in [-0.2, 0) is 19.2 Å². The van der Waals surface area contributed by atoms with Crippen LogP contribution < -0.4 is 0 Å². The second kappa shape index (κ2) is 11.0. The minimum Gasteiger partial charge on any atom is -0.394 e. The molecule has 3 aliphatic heterocycles. The predicted octanol–water partition coefficient (Wildman–Crippen LogP) is 4.52. The van der Waals surface area contributed by atoms with Crippen LogP contribution in [0.15, 0.2) is 12.2 Å². The van der Waals surface area contributed by atoms with Crippen LogP contribution in [0.5, 0.6) is 0 Å². The van der Waals surface area contributed by atoms with E-state index in [1.165, 1.54) is 19.3 Å². The van der Waals surface area contributed by atoms with Crippen molar-refractivity contribution < 1.29 is 39.7 Å². The summed E-state index contributed by atoms with van der Waals surface area (Å²) >= 11 is 0. The number of hydrogen-bond acceptors (Lipinski definition) is 8. The quantitative estimate of drug-likeness (QED) is 0.194. The van der Waals surface area contributed by atoms with Crippen molar-refractivity contribution in [3.8, 4) is 0 Å². The first-order chi connectivity index (χ1) is 19.8. The lowest BCUT2D eigenvalue weighted by molar-refractivity contribution is -0.537. The van der Waals surface area contributed by atoms with E-state index in [2.05, 4.69) is 53.7 Å². The molecule has 0 aromatic heterocycles. The number of fused-ring (bicyclic) bond motifs is 3. The third kappa shape index (κ3) is 4.52. The van der Waals surface area contributed by atoms with Crippen molar-refractivity contribution in [2.24, 2.45) is 46.3 Å². The smallest absolute Gasteiger partial charge is 0.186 e. The van der Waals surface area contributed by atoms with Gasteiger partial charge in [-0.15, -0.1) is 0 Å². The lowest BCUT2D eigenvalue weighted by atomic mass is 9.40. The normalized spacial score (nSPS) is 53.5. The van der Waals surface area contributed by atoms with Gasteiger partial charge in [0.2, 0.25) is 0 Å². The third-order valence-corrected chi connectivity index (χ3v) is 13.8. The summed E-state index contributed by atoms with van der Waals surface area (Å²) in [6, 6.07) is 0. The standard InChI is InChI=1S/C34H56O8/c1-19(2)20(3)7-8-21(4)23-9-10-25-31(23,5)13-12-26-32(6)14-11-22(17-33(32)15-16-34(25,26)42-41-33)39-30-29(38)28(37)27(36)24(18-35)40-30/h7-8,19-30,35-38H,9-18H2,1-6H3/b8-7+/t20?,21-,22?,23-,24-,25?,26?,27-,28+,29-,30?,31-,32-,33?,34?/m1/s1. The second-order valence-corrected chi connectivity index (χ2v) is 15.9. The van der Waals surface area contributed by atoms with E-state index in [-0.39, 0.29) is 22.5 Å². The summed E-state index contributed by atoms with van der Waals surface area (Å²) in [5.74, 6) is 3.37. The Labute approximate surface area is 252 Å². The Bertz CT molecular complexity index is 1010. The molecule has 8 heteroatoms. The molecular weight excluding hydrogens is 536 g/mol. The lowest BCUT2D eigenvalue weighted by Gasteiger charge is -2.72. The molecule has 3 saturated heterocycles. The van der Waals surface area contributed by atoms with E-state index in [0.29, 0.717) is 41.9 Å². The van der Waals surface area contributed by atoms with Gasteiger partial charge >= 0.3 is 0 Å². The Kier molecular flexibility index (Phi) is 8.26. The molecule has 4 N–H and O–H groups in total. The first kappa shape index (κ1) is 31.4. The Morgan fingerprint density at radius 3 is 2.26 bits per heavy atom. The van der Waals surface area contributed by atoms with Crippen molar-refractivity contribution >= 4 is 0 Å². The first-order valence-electron chi connectivity index (χ1n) is 16.8. The lowest BCUT2D eigenvalue weighted by Crippen LogP contribution is -2.75. The van der Waals surface area contributed by atoms with Gasteiger partial charge in [-0.1, -0.05) is 53.7 Å². The number of aliphatic hydroxyl groups excluding tert-OH is 4. The molecule has 42 heavy (non-hydrogen) atoms. The summed E-state index contributed by atoms with van der Waals surface area (Å²) in [5.41, 5.74) is -0.499. The molecular formula is C34H56O8.